The van der Waals surface area contributed by atoms with Gasteiger partial charge in [-0.1, -0.05) is 44.0 Å². The number of para-hydroxylation sites is 1. The summed E-state index contributed by atoms with van der Waals surface area (Å²) in [5.41, 5.74) is 2.21. The number of hydrogen-bond donors (Lipinski definition) is 1. The molecule has 6 nitrogen and oxygen atoms in total. The van der Waals surface area contributed by atoms with Gasteiger partial charge >= 0.3 is 12.1 Å². The van der Waals surface area contributed by atoms with E-state index in [1.165, 1.54) is 18.2 Å². The number of nitrogens with zero attached hydrogens (tertiary/aromatic N) is 2. The van der Waals surface area contributed by atoms with Crippen molar-refractivity contribution in [2.45, 2.75) is 49.4 Å². The highest BCUT2D eigenvalue weighted by molar-refractivity contribution is 8.28. The van der Waals surface area contributed by atoms with Crippen LogP contribution in [0.1, 0.15) is 48.2 Å². The van der Waals surface area contributed by atoms with Crippen LogP contribution in [0.4, 0.5) is 24.5 Å². The zero-order valence-electron chi connectivity index (χ0n) is 22.3. The number of fused-ring (bicyclic) bond motifs is 5. The van der Waals surface area contributed by atoms with Crippen molar-refractivity contribution >= 4 is 27.8 Å². The number of carboxylic acids is 1. The van der Waals surface area contributed by atoms with Gasteiger partial charge in [0.05, 0.1) is 22.8 Å². The summed E-state index contributed by atoms with van der Waals surface area (Å²) in [6, 6.07) is 17.3. The molecule has 1 N–H and O–H groups in total. The topological polar surface area (TPSA) is 62.2 Å². The van der Waals surface area contributed by atoms with Crippen LogP contribution in [0.2, 0.25) is 0 Å². The maximum atomic E-state index is 14.3. The smallest absolute Gasteiger partial charge is 0.429 e. The molecule has 3 heterocycles. The number of alkyl halides is 3. The van der Waals surface area contributed by atoms with Crippen LogP contribution in [0.5, 0.6) is 5.75 Å². The van der Waals surface area contributed by atoms with Crippen LogP contribution >= 0.6 is 10.5 Å². The van der Waals surface area contributed by atoms with E-state index in [-0.39, 0.29) is 28.5 Å². The van der Waals surface area contributed by atoms with E-state index in [0.717, 1.165) is 41.3 Å². The Morgan fingerprint density at radius 1 is 1.10 bits per heavy atom. The van der Waals surface area contributed by atoms with Crippen molar-refractivity contribution in [1.82, 2.24) is 4.31 Å². The number of rotatable bonds is 5. The van der Waals surface area contributed by atoms with Crippen molar-refractivity contribution in [3.63, 3.8) is 0 Å². The number of carboxylic acid groups (broad SMARTS) is 1. The van der Waals surface area contributed by atoms with E-state index in [4.69, 9.17) is 8.92 Å². The molecule has 3 aliphatic rings. The van der Waals surface area contributed by atoms with E-state index < -0.39 is 28.7 Å². The van der Waals surface area contributed by atoms with Gasteiger partial charge in [-0.05, 0) is 59.9 Å². The lowest BCUT2D eigenvalue weighted by atomic mass is 9.90. The summed E-state index contributed by atoms with van der Waals surface area (Å²) in [6.45, 7) is 3.41. The second kappa shape index (κ2) is 10.0. The number of hydrogen-bond acceptors (Lipinski definition) is 5. The highest BCUT2D eigenvalue weighted by atomic mass is 32.3. The van der Waals surface area contributed by atoms with E-state index in [1.54, 1.807) is 6.07 Å². The van der Waals surface area contributed by atoms with Gasteiger partial charge in [-0.3, -0.25) is 0 Å². The molecule has 0 radical (unpaired) electrons. The van der Waals surface area contributed by atoms with E-state index >= 15 is 0 Å². The molecule has 1 fully saturated rings. The number of unbranched alkanes of at least 4 members (excludes halogenated alkanes) is 1. The van der Waals surface area contributed by atoms with Crippen molar-refractivity contribution in [3.05, 3.63) is 71.8 Å². The Hall–Kier alpha value is -3.21. The monoisotopic (exact) mass is 572 g/mol. The van der Waals surface area contributed by atoms with Gasteiger partial charge in [0.1, 0.15) is 5.75 Å². The van der Waals surface area contributed by atoms with Crippen molar-refractivity contribution in [2.75, 3.05) is 30.9 Å². The third-order valence-electron chi connectivity index (χ3n) is 8.08. The third-order valence-corrected chi connectivity index (χ3v) is 11.6. The molecule has 0 amide bonds. The molecule has 3 aromatic carbocycles. The molecule has 6 rings (SSSR count). The highest BCUT2D eigenvalue weighted by Gasteiger charge is 2.50. The van der Waals surface area contributed by atoms with Crippen molar-refractivity contribution in [2.24, 2.45) is 0 Å². The van der Waals surface area contributed by atoms with Gasteiger partial charge in [0.15, 0.2) is 0 Å². The zero-order chi connectivity index (χ0) is 28.2. The Morgan fingerprint density at radius 3 is 2.48 bits per heavy atom. The molecular formula is C30H31F3N2O4S. The minimum atomic E-state index is -4.68. The fourth-order valence-corrected chi connectivity index (χ4v) is 8.98. The lowest BCUT2D eigenvalue weighted by molar-refractivity contribution is -0.198. The zero-order valence-corrected chi connectivity index (χ0v) is 23.1. The average molecular weight is 573 g/mol. The Morgan fingerprint density at radius 2 is 1.85 bits per heavy atom. The van der Waals surface area contributed by atoms with Crippen LogP contribution in [0, 0.1) is 0 Å². The molecule has 3 aromatic rings. The Labute approximate surface area is 233 Å². The van der Waals surface area contributed by atoms with Crippen molar-refractivity contribution in [1.29, 1.82) is 0 Å². The molecule has 0 bridgehead atoms. The Balaban J connectivity index is 1.60. The van der Waals surface area contributed by atoms with E-state index in [2.05, 4.69) is 23.2 Å². The predicted octanol–water partition coefficient (Wildman–Crippen LogP) is 7.71. The predicted molar refractivity (Wildman–Crippen MR) is 149 cm³/mol. The molecule has 1 saturated heterocycles. The number of ether oxygens (including phenoxy) is 1. The third kappa shape index (κ3) is 4.33. The van der Waals surface area contributed by atoms with Gasteiger partial charge in [-0.15, -0.1) is 0 Å². The molecule has 10 heteroatoms. The summed E-state index contributed by atoms with van der Waals surface area (Å²) in [4.78, 5) is 14.9. The first kappa shape index (κ1) is 27.0. The number of likely N-dealkylation sites (N-methyl/N-ethyl adjacent to an activating group) is 1. The summed E-state index contributed by atoms with van der Waals surface area (Å²) >= 11 is 0. The summed E-state index contributed by atoms with van der Waals surface area (Å²) in [5.74, 6) is -0.304. The van der Waals surface area contributed by atoms with Crippen LogP contribution in [0.3, 0.4) is 0 Å². The second-order valence-corrected chi connectivity index (χ2v) is 13.4. The van der Waals surface area contributed by atoms with E-state index in [0.29, 0.717) is 18.7 Å². The van der Waals surface area contributed by atoms with Crippen molar-refractivity contribution < 1.29 is 32.0 Å². The lowest BCUT2D eigenvalue weighted by Crippen LogP contribution is -2.44. The standard InChI is InChI=1S/C30H31F3N2O4S/c1-3-4-8-21-18-35(20-9-6-5-7-10-20)25-17-26-24(16-27(25)40(34(21)2)14-13-38-40)23-15-19(29(36)37)11-12-22(23)28(39-26)30(31,32)33/h5-7,9-12,15-17,21,28H,3-4,8,13-14,18H2,1-2H3,(H,36,37)/t21-,28-/m1/s1. The maximum absolute atomic E-state index is 14.3. The quantitative estimate of drug-likeness (QED) is 0.338. The lowest BCUT2D eigenvalue weighted by Gasteiger charge is -2.54. The fourth-order valence-electron chi connectivity index (χ4n) is 5.94. The first-order valence-corrected chi connectivity index (χ1v) is 15.1. The SMILES string of the molecule is CCCC[C@@H]1CN(c2ccccc2)c2cc3c(cc2S2(CCO2)N1C)-c1cc(C(=O)O)ccc1[C@H](C(F)(F)F)O3. The second-order valence-electron chi connectivity index (χ2n) is 10.4. The van der Waals surface area contributed by atoms with Gasteiger partial charge in [0, 0.05) is 41.2 Å². The Kier molecular flexibility index (Phi) is 6.75. The molecule has 0 aliphatic carbocycles. The van der Waals surface area contributed by atoms with Crippen LogP contribution < -0.4 is 9.64 Å². The van der Waals surface area contributed by atoms with Crippen LogP contribution in [0.25, 0.3) is 11.1 Å². The summed E-state index contributed by atoms with van der Waals surface area (Å²) in [5, 5.41) is 9.63. The average Bonchev–Trinajstić information content (AvgIpc) is 3.01. The number of halogens is 3. The molecule has 0 saturated carbocycles. The van der Waals surface area contributed by atoms with Gasteiger partial charge in [-0.25, -0.2) is 9.10 Å². The molecule has 1 unspecified atom stereocenters. The first-order chi connectivity index (χ1) is 19.1. The van der Waals surface area contributed by atoms with Gasteiger partial charge in [0.25, 0.3) is 0 Å². The molecular weight excluding hydrogens is 541 g/mol. The molecule has 0 aromatic heterocycles. The first-order valence-electron chi connectivity index (χ1n) is 13.4. The van der Waals surface area contributed by atoms with Crippen molar-refractivity contribution in [3.8, 4) is 16.9 Å². The molecule has 3 atom stereocenters. The number of aromatic carboxylic acids is 1. The summed E-state index contributed by atoms with van der Waals surface area (Å²) in [7, 11) is 0.197. The summed E-state index contributed by atoms with van der Waals surface area (Å²) in [6.07, 6.45) is -3.83. The largest absolute Gasteiger partial charge is 0.478 e. The van der Waals surface area contributed by atoms with Crippen LogP contribution in [-0.2, 0) is 4.18 Å². The highest BCUT2D eigenvalue weighted by Crippen LogP contribution is 2.70. The van der Waals surface area contributed by atoms with Gasteiger partial charge in [0.2, 0.25) is 6.10 Å². The minimum absolute atomic E-state index is 0.0768. The maximum Gasteiger partial charge on any atom is 0.429 e. The molecule has 1 spiro atoms. The number of carbonyl (C=O) groups is 1. The molecule has 40 heavy (non-hydrogen) atoms. The minimum Gasteiger partial charge on any atom is -0.478 e. The number of benzene rings is 3. The van der Waals surface area contributed by atoms with Crippen LogP contribution in [-0.4, -0.2) is 53.6 Å². The number of anilines is 2. The molecule has 3 aliphatic heterocycles. The fraction of sp³-hybridized carbons (Fsp3) is 0.367. The van der Waals surface area contributed by atoms with Gasteiger partial charge < -0.3 is 18.9 Å². The normalized spacial score (nSPS) is 25.5. The summed E-state index contributed by atoms with van der Waals surface area (Å²) < 4.78 is 57.3. The molecule has 212 valence electrons. The van der Waals surface area contributed by atoms with E-state index in [9.17, 15) is 23.1 Å². The Bertz CT molecular complexity index is 1440. The van der Waals surface area contributed by atoms with Crippen LogP contribution in [0.15, 0.2) is 65.6 Å². The van der Waals surface area contributed by atoms with Gasteiger partial charge in [-0.2, -0.15) is 13.2 Å². The van der Waals surface area contributed by atoms with E-state index in [1.807, 2.05) is 36.4 Å².